The second-order valence-electron chi connectivity index (χ2n) is 9.02. The van der Waals surface area contributed by atoms with Gasteiger partial charge in [0.1, 0.15) is 12.3 Å². The summed E-state index contributed by atoms with van der Waals surface area (Å²) in [7, 11) is 1.48. The van der Waals surface area contributed by atoms with Gasteiger partial charge in [-0.2, -0.15) is 5.01 Å². The molecule has 34 heavy (non-hydrogen) atoms. The monoisotopic (exact) mass is 500 g/mol. The van der Waals surface area contributed by atoms with Gasteiger partial charge in [-0.25, -0.2) is 5.01 Å². The molecule has 0 spiro atoms. The molecule has 0 N–H and O–H groups in total. The highest BCUT2D eigenvalue weighted by atomic mass is 35.5. The van der Waals surface area contributed by atoms with E-state index in [1.165, 1.54) is 25.3 Å². The fourth-order valence-corrected chi connectivity index (χ4v) is 5.96. The SMILES string of the molecule is COc1cccc(C(=O)CN(C(=O)c2ccc(Cl)c(Cl)c2)N2C(=O)[C@@H]3[C@H]4CC[C@@H](C4)[C@H]3C2=O)c1. The standard InChI is InChI=1S/C25H22Cl2N2O5/c1-34-17-4-2-3-13(10-17)20(30)12-28(23(31)16-7-8-18(26)19(27)11-16)29-24(32)21-14-5-6-15(9-14)22(21)25(29)33/h2-4,7-8,10-11,14-15,21-22H,5-6,9,12H2,1H3/t14-,15-,21+,22+/m0/s1. The lowest BCUT2D eigenvalue weighted by molar-refractivity contribution is -0.154. The Kier molecular flexibility index (Phi) is 5.86. The van der Waals surface area contributed by atoms with E-state index < -0.39 is 41.9 Å². The first-order chi connectivity index (χ1) is 16.3. The van der Waals surface area contributed by atoms with Crippen LogP contribution >= 0.6 is 23.2 Å². The number of imide groups is 1. The molecule has 1 aliphatic heterocycles. The number of methoxy groups -OCH3 is 1. The normalized spacial score (nSPS) is 25.0. The summed E-state index contributed by atoms with van der Waals surface area (Å²) in [5.41, 5.74) is 0.416. The molecule has 9 heteroatoms. The largest absolute Gasteiger partial charge is 0.497 e. The third-order valence-electron chi connectivity index (χ3n) is 7.23. The van der Waals surface area contributed by atoms with Crippen LogP contribution in [0.15, 0.2) is 42.5 Å². The molecule has 2 saturated carbocycles. The van der Waals surface area contributed by atoms with Gasteiger partial charge >= 0.3 is 0 Å². The summed E-state index contributed by atoms with van der Waals surface area (Å²) in [6.07, 6.45) is 2.68. The van der Waals surface area contributed by atoms with Crippen molar-refractivity contribution < 1.29 is 23.9 Å². The number of ether oxygens (including phenoxy) is 1. The minimum Gasteiger partial charge on any atom is -0.497 e. The lowest BCUT2D eigenvalue weighted by Gasteiger charge is -2.31. The summed E-state index contributed by atoms with van der Waals surface area (Å²) in [6.45, 7) is -0.488. The van der Waals surface area contributed by atoms with Gasteiger partial charge in [-0.3, -0.25) is 19.2 Å². The lowest BCUT2D eigenvalue weighted by atomic mass is 9.81. The number of benzene rings is 2. The van der Waals surface area contributed by atoms with E-state index in [1.807, 2.05) is 0 Å². The van der Waals surface area contributed by atoms with Gasteiger partial charge in [0.05, 0.1) is 29.0 Å². The topological polar surface area (TPSA) is 84.0 Å². The van der Waals surface area contributed by atoms with E-state index in [-0.39, 0.29) is 27.4 Å². The summed E-state index contributed by atoms with van der Waals surface area (Å²) in [5, 5.41) is 2.28. The van der Waals surface area contributed by atoms with Crippen molar-refractivity contribution >= 4 is 46.7 Å². The minimum atomic E-state index is -0.677. The highest BCUT2D eigenvalue weighted by Gasteiger charge is 2.62. The average Bonchev–Trinajstić information content (AvgIpc) is 3.52. The van der Waals surface area contributed by atoms with Crippen molar-refractivity contribution in [3.8, 4) is 5.75 Å². The van der Waals surface area contributed by atoms with Crippen LogP contribution in [-0.4, -0.2) is 47.2 Å². The number of fused-ring (bicyclic) bond motifs is 5. The summed E-state index contributed by atoms with van der Waals surface area (Å²) in [4.78, 5) is 53.6. The third kappa shape index (κ3) is 3.67. The molecule has 2 aliphatic carbocycles. The van der Waals surface area contributed by atoms with Gasteiger partial charge in [0.25, 0.3) is 17.7 Å². The van der Waals surface area contributed by atoms with Gasteiger partial charge in [0.2, 0.25) is 0 Å². The Labute approximate surface area is 206 Å². The van der Waals surface area contributed by atoms with E-state index in [0.717, 1.165) is 29.3 Å². The Morgan fingerprint density at radius 3 is 2.26 bits per heavy atom. The Balaban J connectivity index is 1.51. The molecule has 7 nitrogen and oxygen atoms in total. The zero-order valence-electron chi connectivity index (χ0n) is 18.4. The van der Waals surface area contributed by atoms with E-state index in [9.17, 15) is 19.2 Å². The highest BCUT2D eigenvalue weighted by Crippen LogP contribution is 2.56. The van der Waals surface area contributed by atoms with Crippen molar-refractivity contribution in [2.24, 2.45) is 23.7 Å². The van der Waals surface area contributed by atoms with Crippen molar-refractivity contribution in [2.45, 2.75) is 19.3 Å². The zero-order valence-corrected chi connectivity index (χ0v) is 19.9. The first-order valence-corrected chi connectivity index (χ1v) is 11.9. The van der Waals surface area contributed by atoms with Crippen LogP contribution in [0.1, 0.15) is 40.0 Å². The van der Waals surface area contributed by atoms with Crippen LogP contribution in [0.4, 0.5) is 0 Å². The zero-order chi connectivity index (χ0) is 24.1. The Morgan fingerprint density at radius 2 is 1.65 bits per heavy atom. The molecule has 1 heterocycles. The minimum absolute atomic E-state index is 0.119. The summed E-state index contributed by atoms with van der Waals surface area (Å²) < 4.78 is 5.19. The van der Waals surface area contributed by atoms with E-state index in [1.54, 1.807) is 24.3 Å². The van der Waals surface area contributed by atoms with E-state index in [0.29, 0.717) is 11.3 Å². The van der Waals surface area contributed by atoms with Gasteiger partial charge < -0.3 is 4.74 Å². The first-order valence-electron chi connectivity index (χ1n) is 11.1. The van der Waals surface area contributed by atoms with Crippen LogP contribution in [0.25, 0.3) is 0 Å². The number of amides is 3. The third-order valence-corrected chi connectivity index (χ3v) is 7.97. The highest BCUT2D eigenvalue weighted by molar-refractivity contribution is 6.42. The lowest BCUT2D eigenvalue weighted by Crippen LogP contribution is -2.52. The summed E-state index contributed by atoms with van der Waals surface area (Å²) >= 11 is 12.1. The molecule has 5 rings (SSSR count). The molecular weight excluding hydrogens is 479 g/mol. The van der Waals surface area contributed by atoms with Gasteiger partial charge in [0.15, 0.2) is 5.78 Å². The summed E-state index contributed by atoms with van der Waals surface area (Å²) in [6, 6.07) is 10.8. The second kappa shape index (κ2) is 8.71. The number of carbonyl (C=O) groups is 4. The van der Waals surface area contributed by atoms with Gasteiger partial charge in [-0.15, -0.1) is 0 Å². The van der Waals surface area contributed by atoms with Crippen LogP contribution in [-0.2, 0) is 9.59 Å². The number of ketones is 1. The fourth-order valence-electron chi connectivity index (χ4n) is 5.67. The molecule has 2 bridgehead atoms. The predicted molar refractivity (Wildman–Crippen MR) is 124 cm³/mol. The number of carbonyl (C=O) groups excluding carboxylic acids is 4. The summed E-state index contributed by atoms with van der Waals surface area (Å²) in [5.74, 6) is -2.02. The molecule has 1 saturated heterocycles. The molecule has 2 aromatic carbocycles. The molecular formula is C25H22Cl2N2O5. The molecule has 4 atom stereocenters. The molecule has 0 aromatic heterocycles. The van der Waals surface area contributed by atoms with Crippen molar-refractivity contribution in [2.75, 3.05) is 13.7 Å². The average molecular weight is 501 g/mol. The number of nitrogens with zero attached hydrogens (tertiary/aromatic N) is 2. The van der Waals surface area contributed by atoms with E-state index >= 15 is 0 Å². The number of rotatable bonds is 6. The van der Waals surface area contributed by atoms with Crippen molar-refractivity contribution in [1.29, 1.82) is 0 Å². The molecule has 0 unspecified atom stereocenters. The smallest absolute Gasteiger partial charge is 0.273 e. The van der Waals surface area contributed by atoms with Crippen molar-refractivity contribution in [3.05, 3.63) is 63.6 Å². The van der Waals surface area contributed by atoms with Crippen LogP contribution in [0, 0.1) is 23.7 Å². The predicted octanol–water partition coefficient (Wildman–Crippen LogP) is 4.27. The number of hydrazine groups is 1. The molecule has 176 valence electrons. The van der Waals surface area contributed by atoms with Gasteiger partial charge in [-0.05, 0) is 61.4 Å². The number of Topliss-reactive ketones (excluding diaryl/α,β-unsaturated/α-hetero) is 1. The first kappa shape index (κ1) is 22.9. The van der Waals surface area contributed by atoms with Crippen LogP contribution in [0.3, 0.4) is 0 Å². The van der Waals surface area contributed by atoms with E-state index in [2.05, 4.69) is 0 Å². The number of halogens is 2. The van der Waals surface area contributed by atoms with Crippen molar-refractivity contribution in [1.82, 2.24) is 10.0 Å². The maximum Gasteiger partial charge on any atom is 0.273 e. The van der Waals surface area contributed by atoms with Crippen LogP contribution in [0.5, 0.6) is 5.75 Å². The molecule has 3 aliphatic rings. The van der Waals surface area contributed by atoms with Crippen LogP contribution < -0.4 is 4.74 Å². The van der Waals surface area contributed by atoms with Crippen molar-refractivity contribution in [3.63, 3.8) is 0 Å². The van der Waals surface area contributed by atoms with Crippen LogP contribution in [0.2, 0.25) is 10.0 Å². The molecule has 2 aromatic rings. The number of hydrogen-bond acceptors (Lipinski definition) is 5. The maximum absolute atomic E-state index is 13.6. The maximum atomic E-state index is 13.6. The number of hydrogen-bond donors (Lipinski definition) is 0. The molecule has 3 amide bonds. The second-order valence-corrected chi connectivity index (χ2v) is 9.83. The molecule has 3 fully saturated rings. The Morgan fingerprint density at radius 1 is 0.971 bits per heavy atom. The van der Waals surface area contributed by atoms with Gasteiger partial charge in [0, 0.05) is 11.1 Å². The quantitative estimate of drug-likeness (QED) is 0.436. The Hall–Kier alpha value is -2.90. The Bertz CT molecular complexity index is 1190. The van der Waals surface area contributed by atoms with Gasteiger partial charge in [-0.1, -0.05) is 35.3 Å². The van der Waals surface area contributed by atoms with E-state index in [4.69, 9.17) is 27.9 Å². The fraction of sp³-hybridized carbons (Fsp3) is 0.360. The molecule has 0 radical (unpaired) electrons.